The van der Waals surface area contributed by atoms with Crippen LogP contribution in [0.15, 0.2) is 30.3 Å². The highest BCUT2D eigenvalue weighted by atomic mass is 16.5. The van der Waals surface area contributed by atoms with Gasteiger partial charge in [-0.3, -0.25) is 9.59 Å². The minimum absolute atomic E-state index is 0.161. The number of carbonyl (C=O) groups excluding carboxylic acids is 2. The molecule has 0 heterocycles. The van der Waals surface area contributed by atoms with Gasteiger partial charge in [0.15, 0.2) is 6.61 Å². The van der Waals surface area contributed by atoms with Gasteiger partial charge in [0.2, 0.25) is 0 Å². The predicted octanol–water partition coefficient (Wildman–Crippen LogP) is 3.88. The van der Waals surface area contributed by atoms with Gasteiger partial charge in [-0.1, -0.05) is 30.3 Å². The molecule has 1 amide bonds. The molecule has 4 nitrogen and oxygen atoms in total. The van der Waals surface area contributed by atoms with Crippen molar-refractivity contribution in [3.63, 3.8) is 0 Å². The van der Waals surface area contributed by atoms with Crippen LogP contribution in [0.3, 0.4) is 0 Å². The normalized spacial score (nSPS) is 32.1. The van der Waals surface area contributed by atoms with Crippen molar-refractivity contribution in [2.45, 2.75) is 64.3 Å². The Labute approximate surface area is 162 Å². The minimum Gasteiger partial charge on any atom is -0.456 e. The Morgan fingerprint density at radius 3 is 2.26 bits per heavy atom. The summed E-state index contributed by atoms with van der Waals surface area (Å²) in [7, 11) is 0. The van der Waals surface area contributed by atoms with E-state index in [4.69, 9.17) is 4.74 Å². The highest BCUT2D eigenvalue weighted by Gasteiger charge is 2.53. The van der Waals surface area contributed by atoms with Crippen LogP contribution in [0.1, 0.15) is 57.4 Å². The van der Waals surface area contributed by atoms with Crippen molar-refractivity contribution in [3.05, 3.63) is 35.9 Å². The standard InChI is InChI=1S/C23H31NO3/c1-16(23-12-18-9-19(13-23)11-20(10-18)14-23)24-21(25)15-27-22(26)8-7-17-5-3-2-4-6-17/h2-6,16,18-20H,7-15H2,1H3,(H,24,25)/t16-,18?,19?,20?,23?/m1/s1. The topological polar surface area (TPSA) is 55.4 Å². The summed E-state index contributed by atoms with van der Waals surface area (Å²) in [5, 5.41) is 3.15. The second-order valence-electron chi connectivity index (χ2n) is 9.22. The summed E-state index contributed by atoms with van der Waals surface area (Å²) in [6.07, 6.45) is 8.94. The van der Waals surface area contributed by atoms with Crippen molar-refractivity contribution in [1.29, 1.82) is 0 Å². The molecule has 0 aliphatic heterocycles. The summed E-state index contributed by atoms with van der Waals surface area (Å²) in [6, 6.07) is 10.0. The van der Waals surface area contributed by atoms with E-state index in [9.17, 15) is 9.59 Å². The molecule has 27 heavy (non-hydrogen) atoms. The molecule has 4 fully saturated rings. The van der Waals surface area contributed by atoms with Crippen LogP contribution in [0.4, 0.5) is 0 Å². The zero-order valence-corrected chi connectivity index (χ0v) is 16.3. The molecule has 1 aromatic rings. The second kappa shape index (κ2) is 7.65. The molecule has 0 spiro atoms. The summed E-state index contributed by atoms with van der Waals surface area (Å²) >= 11 is 0. The monoisotopic (exact) mass is 369 g/mol. The lowest BCUT2D eigenvalue weighted by atomic mass is 9.48. The average molecular weight is 370 g/mol. The van der Waals surface area contributed by atoms with Gasteiger partial charge in [-0.05, 0) is 80.6 Å². The van der Waals surface area contributed by atoms with Gasteiger partial charge in [0.05, 0.1) is 0 Å². The molecular formula is C23H31NO3. The fourth-order valence-electron chi connectivity index (χ4n) is 6.25. The number of aryl methyl sites for hydroxylation is 1. The average Bonchev–Trinajstić information content (AvgIpc) is 2.64. The van der Waals surface area contributed by atoms with Crippen LogP contribution in [-0.2, 0) is 20.7 Å². The molecule has 146 valence electrons. The lowest BCUT2D eigenvalue weighted by molar-refractivity contribution is -0.149. The maximum atomic E-state index is 12.3. The van der Waals surface area contributed by atoms with Gasteiger partial charge in [-0.15, -0.1) is 0 Å². The van der Waals surface area contributed by atoms with Crippen LogP contribution < -0.4 is 5.32 Å². The minimum atomic E-state index is -0.309. The number of nitrogens with one attached hydrogen (secondary N) is 1. The Bertz CT molecular complexity index is 649. The van der Waals surface area contributed by atoms with Crippen molar-refractivity contribution >= 4 is 11.9 Å². The fourth-order valence-corrected chi connectivity index (χ4v) is 6.25. The van der Waals surface area contributed by atoms with E-state index in [0.29, 0.717) is 12.8 Å². The van der Waals surface area contributed by atoms with E-state index >= 15 is 0 Å². The lowest BCUT2D eigenvalue weighted by Gasteiger charge is -2.59. The first-order chi connectivity index (χ1) is 13.0. The van der Waals surface area contributed by atoms with Crippen LogP contribution in [0.2, 0.25) is 0 Å². The van der Waals surface area contributed by atoms with E-state index in [1.165, 1.54) is 38.5 Å². The van der Waals surface area contributed by atoms with Crippen molar-refractivity contribution in [3.8, 4) is 0 Å². The third-order valence-electron chi connectivity index (χ3n) is 7.21. The van der Waals surface area contributed by atoms with Crippen molar-refractivity contribution < 1.29 is 14.3 Å². The van der Waals surface area contributed by atoms with Crippen molar-refractivity contribution in [1.82, 2.24) is 5.32 Å². The number of carbonyl (C=O) groups is 2. The van der Waals surface area contributed by atoms with Gasteiger partial charge in [0, 0.05) is 12.5 Å². The Morgan fingerprint density at radius 2 is 1.67 bits per heavy atom. The number of esters is 1. The van der Waals surface area contributed by atoms with Crippen LogP contribution in [0.25, 0.3) is 0 Å². The molecule has 4 bridgehead atoms. The summed E-state index contributed by atoms with van der Waals surface area (Å²) in [4.78, 5) is 24.3. The summed E-state index contributed by atoms with van der Waals surface area (Å²) in [5.74, 6) is 2.13. The molecule has 0 saturated heterocycles. The number of amides is 1. The molecule has 1 atom stereocenters. The van der Waals surface area contributed by atoms with Gasteiger partial charge in [-0.25, -0.2) is 0 Å². The van der Waals surface area contributed by atoms with E-state index in [0.717, 1.165) is 23.3 Å². The molecule has 0 unspecified atom stereocenters. The number of ether oxygens (including phenoxy) is 1. The number of hydrogen-bond donors (Lipinski definition) is 1. The third kappa shape index (κ3) is 4.20. The smallest absolute Gasteiger partial charge is 0.306 e. The van der Waals surface area contributed by atoms with E-state index in [1.54, 1.807) is 0 Å². The van der Waals surface area contributed by atoms with Gasteiger partial charge < -0.3 is 10.1 Å². The summed E-state index contributed by atoms with van der Waals surface area (Å²) in [6.45, 7) is 1.99. The van der Waals surface area contributed by atoms with E-state index in [2.05, 4.69) is 12.2 Å². The molecule has 1 N–H and O–H groups in total. The molecule has 0 aromatic heterocycles. The van der Waals surface area contributed by atoms with Crippen LogP contribution >= 0.6 is 0 Å². The van der Waals surface area contributed by atoms with E-state index in [-0.39, 0.29) is 29.9 Å². The number of rotatable bonds is 7. The quantitative estimate of drug-likeness (QED) is 0.742. The second-order valence-corrected chi connectivity index (χ2v) is 9.22. The fraction of sp³-hybridized carbons (Fsp3) is 0.652. The SMILES string of the molecule is C[C@@H](NC(=O)COC(=O)CCc1ccccc1)C12CC3CC(CC(C3)C1)C2. The molecule has 4 aliphatic carbocycles. The molecular weight excluding hydrogens is 338 g/mol. The van der Waals surface area contributed by atoms with Crippen molar-refractivity contribution in [2.24, 2.45) is 23.2 Å². The summed E-state index contributed by atoms with van der Waals surface area (Å²) < 4.78 is 5.19. The first-order valence-corrected chi connectivity index (χ1v) is 10.5. The Hall–Kier alpha value is -1.84. The number of hydrogen-bond acceptors (Lipinski definition) is 3. The first kappa shape index (κ1) is 18.5. The maximum Gasteiger partial charge on any atom is 0.306 e. The Kier molecular flexibility index (Phi) is 5.25. The van der Waals surface area contributed by atoms with Gasteiger partial charge in [-0.2, -0.15) is 0 Å². The summed E-state index contributed by atoms with van der Waals surface area (Å²) in [5.41, 5.74) is 1.39. The predicted molar refractivity (Wildman–Crippen MR) is 104 cm³/mol. The molecule has 4 heteroatoms. The van der Waals surface area contributed by atoms with Crippen LogP contribution in [-0.4, -0.2) is 24.5 Å². The van der Waals surface area contributed by atoms with Crippen LogP contribution in [0.5, 0.6) is 0 Å². The zero-order chi connectivity index (χ0) is 18.9. The van der Waals surface area contributed by atoms with Gasteiger partial charge in [0.25, 0.3) is 5.91 Å². The van der Waals surface area contributed by atoms with Crippen molar-refractivity contribution in [2.75, 3.05) is 6.61 Å². The molecule has 4 aliphatic rings. The third-order valence-corrected chi connectivity index (χ3v) is 7.21. The zero-order valence-electron chi connectivity index (χ0n) is 16.3. The van der Waals surface area contributed by atoms with E-state index < -0.39 is 0 Å². The molecule has 5 rings (SSSR count). The largest absolute Gasteiger partial charge is 0.456 e. The van der Waals surface area contributed by atoms with Crippen LogP contribution in [0, 0.1) is 23.2 Å². The molecule has 1 aromatic carbocycles. The first-order valence-electron chi connectivity index (χ1n) is 10.5. The Morgan fingerprint density at radius 1 is 1.07 bits per heavy atom. The highest BCUT2D eigenvalue weighted by Crippen LogP contribution is 2.61. The van der Waals surface area contributed by atoms with Gasteiger partial charge >= 0.3 is 5.97 Å². The highest BCUT2D eigenvalue weighted by molar-refractivity contribution is 5.80. The molecule has 4 saturated carbocycles. The maximum absolute atomic E-state index is 12.3. The van der Waals surface area contributed by atoms with E-state index in [1.807, 2.05) is 30.3 Å². The number of benzene rings is 1. The van der Waals surface area contributed by atoms with Gasteiger partial charge in [0.1, 0.15) is 0 Å². The Balaban J connectivity index is 1.22. The lowest BCUT2D eigenvalue weighted by Crippen LogP contribution is -2.56. The molecule has 0 radical (unpaired) electrons.